The molecule has 0 radical (unpaired) electrons. The summed E-state index contributed by atoms with van der Waals surface area (Å²) in [5.41, 5.74) is 0.998. The Morgan fingerprint density at radius 1 is 1.21 bits per heavy atom. The summed E-state index contributed by atoms with van der Waals surface area (Å²) in [6.07, 6.45) is 0. The van der Waals surface area contributed by atoms with Gasteiger partial charge in [-0.25, -0.2) is 0 Å². The Labute approximate surface area is 124 Å². The van der Waals surface area contributed by atoms with E-state index in [1.54, 1.807) is 12.1 Å². The fraction of sp³-hybridized carbons (Fsp3) is 0.500. The van der Waals surface area contributed by atoms with Crippen LogP contribution < -0.4 is 10.6 Å². The zero-order valence-corrected chi connectivity index (χ0v) is 13.0. The van der Waals surface area contributed by atoms with E-state index in [0.717, 1.165) is 5.56 Å². The number of carbonyl (C=O) groups excluding carboxylic acids is 1. The van der Waals surface area contributed by atoms with Gasteiger partial charge in [0.25, 0.3) is 0 Å². The molecular formula is C14H20Cl2N2O. The Balaban J connectivity index is 2.42. The topological polar surface area (TPSA) is 41.1 Å². The van der Waals surface area contributed by atoms with Gasteiger partial charge in [-0.05, 0) is 30.5 Å². The van der Waals surface area contributed by atoms with Gasteiger partial charge < -0.3 is 10.6 Å². The molecule has 1 aromatic carbocycles. The molecule has 1 unspecified atom stereocenters. The Bertz CT molecular complexity index is 435. The van der Waals surface area contributed by atoms with Crippen molar-refractivity contribution in [2.45, 2.75) is 33.4 Å². The van der Waals surface area contributed by atoms with Crippen molar-refractivity contribution >= 4 is 29.1 Å². The van der Waals surface area contributed by atoms with E-state index in [4.69, 9.17) is 23.2 Å². The van der Waals surface area contributed by atoms with E-state index in [-0.39, 0.29) is 11.9 Å². The van der Waals surface area contributed by atoms with Gasteiger partial charge in [0.2, 0.25) is 5.91 Å². The molecular weight excluding hydrogens is 283 g/mol. The van der Waals surface area contributed by atoms with Gasteiger partial charge in [0.15, 0.2) is 0 Å². The van der Waals surface area contributed by atoms with Gasteiger partial charge in [0.1, 0.15) is 0 Å². The molecule has 0 spiro atoms. The third-order valence-electron chi connectivity index (χ3n) is 2.67. The molecule has 0 aliphatic rings. The van der Waals surface area contributed by atoms with Crippen molar-refractivity contribution in [3.8, 4) is 0 Å². The first-order valence-electron chi connectivity index (χ1n) is 6.35. The molecule has 0 aliphatic carbocycles. The second-order valence-corrected chi connectivity index (χ2v) is 5.80. The van der Waals surface area contributed by atoms with Gasteiger partial charge in [0.05, 0.1) is 16.1 Å². The van der Waals surface area contributed by atoms with Gasteiger partial charge in [0, 0.05) is 13.1 Å². The summed E-state index contributed by atoms with van der Waals surface area (Å²) in [6, 6.07) is 5.20. The molecule has 1 rings (SSSR count). The molecule has 2 N–H and O–H groups in total. The minimum atomic E-state index is -0.242. The van der Waals surface area contributed by atoms with Crippen LogP contribution in [-0.4, -0.2) is 18.5 Å². The van der Waals surface area contributed by atoms with Crippen LogP contribution in [0.5, 0.6) is 0 Å². The SMILES string of the molecule is CC(C)CNC(=O)C(C)NCc1ccc(Cl)c(Cl)c1. The summed E-state index contributed by atoms with van der Waals surface area (Å²) in [5, 5.41) is 7.11. The lowest BCUT2D eigenvalue weighted by molar-refractivity contribution is -0.122. The van der Waals surface area contributed by atoms with Crippen molar-refractivity contribution in [3.63, 3.8) is 0 Å². The van der Waals surface area contributed by atoms with E-state index >= 15 is 0 Å². The minimum Gasteiger partial charge on any atom is -0.354 e. The van der Waals surface area contributed by atoms with Crippen LogP contribution in [0.2, 0.25) is 10.0 Å². The fourth-order valence-electron chi connectivity index (χ4n) is 1.47. The largest absolute Gasteiger partial charge is 0.354 e. The zero-order chi connectivity index (χ0) is 14.4. The van der Waals surface area contributed by atoms with Gasteiger partial charge in [-0.3, -0.25) is 4.79 Å². The molecule has 0 aromatic heterocycles. The van der Waals surface area contributed by atoms with Crippen LogP contribution in [0.4, 0.5) is 0 Å². The van der Waals surface area contributed by atoms with Crippen molar-refractivity contribution in [1.29, 1.82) is 0 Å². The number of halogens is 2. The first-order chi connectivity index (χ1) is 8.90. The highest BCUT2D eigenvalue weighted by Gasteiger charge is 2.12. The van der Waals surface area contributed by atoms with Gasteiger partial charge in [-0.1, -0.05) is 43.1 Å². The summed E-state index contributed by atoms with van der Waals surface area (Å²) in [7, 11) is 0. The van der Waals surface area contributed by atoms with Crippen LogP contribution in [-0.2, 0) is 11.3 Å². The summed E-state index contributed by atoms with van der Waals surface area (Å²) in [6.45, 7) is 7.24. The van der Waals surface area contributed by atoms with Crippen molar-refractivity contribution in [2.75, 3.05) is 6.54 Å². The number of nitrogens with one attached hydrogen (secondary N) is 2. The second-order valence-electron chi connectivity index (χ2n) is 4.99. The molecule has 19 heavy (non-hydrogen) atoms. The van der Waals surface area contributed by atoms with E-state index in [2.05, 4.69) is 24.5 Å². The Morgan fingerprint density at radius 2 is 1.89 bits per heavy atom. The van der Waals surface area contributed by atoms with Crippen LogP contribution in [0.15, 0.2) is 18.2 Å². The molecule has 0 heterocycles. The molecule has 0 fully saturated rings. The molecule has 0 aliphatic heterocycles. The monoisotopic (exact) mass is 302 g/mol. The molecule has 106 valence electrons. The Morgan fingerprint density at radius 3 is 2.47 bits per heavy atom. The van der Waals surface area contributed by atoms with E-state index in [0.29, 0.717) is 29.1 Å². The fourth-order valence-corrected chi connectivity index (χ4v) is 1.79. The quantitative estimate of drug-likeness (QED) is 0.847. The van der Waals surface area contributed by atoms with E-state index < -0.39 is 0 Å². The molecule has 1 aromatic rings. The highest BCUT2D eigenvalue weighted by Crippen LogP contribution is 2.22. The average Bonchev–Trinajstić information content (AvgIpc) is 2.36. The van der Waals surface area contributed by atoms with Crippen LogP contribution >= 0.6 is 23.2 Å². The lowest BCUT2D eigenvalue weighted by atomic mass is 10.2. The Hall–Kier alpha value is -0.770. The van der Waals surface area contributed by atoms with Crippen molar-refractivity contribution in [3.05, 3.63) is 33.8 Å². The normalized spacial score (nSPS) is 12.5. The minimum absolute atomic E-state index is 0.00811. The molecule has 0 saturated heterocycles. The number of amides is 1. The van der Waals surface area contributed by atoms with Gasteiger partial charge in [-0.15, -0.1) is 0 Å². The summed E-state index contributed by atoms with van der Waals surface area (Å²) in [5.74, 6) is 0.458. The predicted octanol–water partition coefficient (Wildman–Crippen LogP) is 3.24. The van der Waals surface area contributed by atoms with Gasteiger partial charge >= 0.3 is 0 Å². The maximum absolute atomic E-state index is 11.8. The Kier molecular flexibility index (Phi) is 6.63. The molecule has 0 bridgehead atoms. The number of hydrogen-bond acceptors (Lipinski definition) is 2. The number of benzene rings is 1. The maximum Gasteiger partial charge on any atom is 0.236 e. The number of hydrogen-bond donors (Lipinski definition) is 2. The average molecular weight is 303 g/mol. The lowest BCUT2D eigenvalue weighted by Crippen LogP contribution is -2.42. The second kappa shape index (κ2) is 7.73. The third kappa shape index (κ3) is 5.81. The maximum atomic E-state index is 11.8. The molecule has 1 atom stereocenters. The first kappa shape index (κ1) is 16.3. The van der Waals surface area contributed by atoms with Crippen LogP contribution in [0, 0.1) is 5.92 Å². The van der Waals surface area contributed by atoms with E-state index in [1.807, 2.05) is 13.0 Å². The summed E-state index contributed by atoms with van der Waals surface area (Å²) < 4.78 is 0. The third-order valence-corrected chi connectivity index (χ3v) is 3.41. The standard InChI is InChI=1S/C14H20Cl2N2O/c1-9(2)7-18-14(19)10(3)17-8-11-4-5-12(15)13(16)6-11/h4-6,9-10,17H,7-8H2,1-3H3,(H,18,19). The van der Waals surface area contributed by atoms with E-state index in [9.17, 15) is 4.79 Å². The lowest BCUT2D eigenvalue weighted by Gasteiger charge is -2.15. The predicted molar refractivity (Wildman–Crippen MR) is 80.6 cm³/mol. The van der Waals surface area contributed by atoms with Crippen molar-refractivity contribution < 1.29 is 4.79 Å². The van der Waals surface area contributed by atoms with Crippen LogP contribution in [0.1, 0.15) is 26.3 Å². The zero-order valence-electron chi connectivity index (χ0n) is 11.5. The van der Waals surface area contributed by atoms with Crippen molar-refractivity contribution in [1.82, 2.24) is 10.6 Å². The molecule has 0 saturated carbocycles. The van der Waals surface area contributed by atoms with E-state index in [1.165, 1.54) is 0 Å². The number of rotatable bonds is 6. The van der Waals surface area contributed by atoms with Crippen LogP contribution in [0.3, 0.4) is 0 Å². The smallest absolute Gasteiger partial charge is 0.236 e. The number of carbonyl (C=O) groups is 1. The highest BCUT2D eigenvalue weighted by atomic mass is 35.5. The summed E-state index contributed by atoms with van der Waals surface area (Å²) in [4.78, 5) is 11.8. The summed E-state index contributed by atoms with van der Waals surface area (Å²) >= 11 is 11.8. The van der Waals surface area contributed by atoms with Crippen LogP contribution in [0.25, 0.3) is 0 Å². The van der Waals surface area contributed by atoms with Gasteiger partial charge in [-0.2, -0.15) is 0 Å². The van der Waals surface area contributed by atoms with Crippen molar-refractivity contribution in [2.24, 2.45) is 5.92 Å². The molecule has 1 amide bonds. The molecule has 5 heteroatoms. The highest BCUT2D eigenvalue weighted by molar-refractivity contribution is 6.42. The molecule has 3 nitrogen and oxygen atoms in total. The first-order valence-corrected chi connectivity index (χ1v) is 7.10.